The highest BCUT2D eigenvalue weighted by atomic mass is 16.3. The van der Waals surface area contributed by atoms with Crippen LogP contribution in [0.15, 0.2) is 77.6 Å². The van der Waals surface area contributed by atoms with E-state index in [1.807, 2.05) is 54.6 Å². The van der Waals surface area contributed by atoms with Gasteiger partial charge in [0.25, 0.3) is 5.56 Å². The molecular weight excluding hydrogens is 372 g/mol. The smallest absolute Gasteiger partial charge is 0.253 e. The van der Waals surface area contributed by atoms with Crippen LogP contribution in [0, 0.1) is 0 Å². The number of phenolic OH excluding ortho intramolecular Hbond substituents is 1. The normalized spacial score (nSPS) is 11.6. The Kier molecular flexibility index (Phi) is 5.08. The van der Waals surface area contributed by atoms with E-state index in [-0.39, 0.29) is 16.7 Å². The van der Waals surface area contributed by atoms with E-state index in [1.54, 1.807) is 6.07 Å². The van der Waals surface area contributed by atoms with Gasteiger partial charge in [0.15, 0.2) is 0 Å². The summed E-state index contributed by atoms with van der Waals surface area (Å²) in [6, 6.07) is 23.5. The first kappa shape index (κ1) is 19.8. The number of pyridine rings is 1. The minimum Gasteiger partial charge on any atom is -0.506 e. The van der Waals surface area contributed by atoms with Gasteiger partial charge in [0.1, 0.15) is 5.75 Å². The van der Waals surface area contributed by atoms with Crippen molar-refractivity contribution in [3.63, 3.8) is 0 Å². The molecule has 0 unspecified atom stereocenters. The van der Waals surface area contributed by atoms with Gasteiger partial charge in [-0.25, -0.2) is 0 Å². The van der Waals surface area contributed by atoms with Crippen LogP contribution in [0.1, 0.15) is 31.9 Å². The maximum atomic E-state index is 12.6. The minimum atomic E-state index is -0.128. The number of H-pyrrole nitrogens is 1. The summed E-state index contributed by atoms with van der Waals surface area (Å²) in [4.78, 5) is 15.5. The Bertz CT molecular complexity index is 1250. The predicted molar refractivity (Wildman–Crippen MR) is 124 cm³/mol. The van der Waals surface area contributed by atoms with Crippen LogP contribution in [0.25, 0.3) is 22.0 Å². The quantitative estimate of drug-likeness (QED) is 0.380. The molecule has 0 aliphatic carbocycles. The number of aromatic hydroxyl groups is 1. The number of aromatic nitrogens is 1. The molecule has 0 amide bonds. The zero-order valence-electron chi connectivity index (χ0n) is 17.5. The van der Waals surface area contributed by atoms with Gasteiger partial charge in [0, 0.05) is 17.6 Å². The van der Waals surface area contributed by atoms with Crippen molar-refractivity contribution < 1.29 is 5.11 Å². The number of rotatable bonds is 4. The summed E-state index contributed by atoms with van der Waals surface area (Å²) in [6.45, 7) is 6.83. The van der Waals surface area contributed by atoms with Crippen molar-refractivity contribution in [1.82, 2.24) is 4.98 Å². The zero-order valence-corrected chi connectivity index (χ0v) is 17.5. The molecule has 0 bridgehead atoms. The summed E-state index contributed by atoms with van der Waals surface area (Å²) >= 11 is 0. The number of nitrogens with one attached hydrogen (secondary N) is 2. The van der Waals surface area contributed by atoms with Gasteiger partial charge in [0.05, 0.1) is 5.69 Å². The molecule has 3 aromatic carbocycles. The number of benzene rings is 3. The summed E-state index contributed by atoms with van der Waals surface area (Å²) < 4.78 is 0. The molecule has 0 fully saturated rings. The van der Waals surface area contributed by atoms with Crippen molar-refractivity contribution in [2.24, 2.45) is 0 Å². The van der Waals surface area contributed by atoms with Crippen LogP contribution in [0.3, 0.4) is 0 Å². The van der Waals surface area contributed by atoms with Crippen LogP contribution in [0.2, 0.25) is 0 Å². The number of phenols is 1. The average Bonchev–Trinajstić information content (AvgIpc) is 2.73. The van der Waals surface area contributed by atoms with Gasteiger partial charge in [-0.1, -0.05) is 63.2 Å². The molecule has 4 rings (SSSR count). The Morgan fingerprint density at radius 1 is 0.900 bits per heavy atom. The molecule has 0 radical (unpaired) electrons. The number of fused-ring (bicyclic) bond motifs is 1. The fourth-order valence-electron chi connectivity index (χ4n) is 3.53. The lowest BCUT2D eigenvalue weighted by Gasteiger charge is -2.19. The molecule has 30 heavy (non-hydrogen) atoms. The second kappa shape index (κ2) is 7.71. The van der Waals surface area contributed by atoms with Crippen LogP contribution < -0.4 is 10.9 Å². The van der Waals surface area contributed by atoms with Gasteiger partial charge in [-0.05, 0) is 57.8 Å². The number of aromatic amines is 1. The molecule has 0 saturated carbocycles. The molecule has 152 valence electrons. The lowest BCUT2D eigenvalue weighted by Crippen LogP contribution is -2.16. The third-order valence-corrected chi connectivity index (χ3v) is 5.36. The summed E-state index contributed by atoms with van der Waals surface area (Å²) in [5.41, 5.74) is 5.23. The molecule has 3 N–H and O–H groups in total. The molecule has 1 heterocycles. The fraction of sp³-hybridized carbons (Fsp3) is 0.192. The SMILES string of the molecule is CC(C)(C)c1ccc2[nH]c(=O)c(CNc3cc(-c4ccccc4)ccc3O)cc2c1. The number of hydrogen-bond acceptors (Lipinski definition) is 3. The van der Waals surface area contributed by atoms with E-state index in [9.17, 15) is 9.90 Å². The predicted octanol–water partition coefficient (Wildman–Crippen LogP) is 5.81. The largest absolute Gasteiger partial charge is 0.506 e. The lowest BCUT2D eigenvalue weighted by molar-refractivity contribution is 0.477. The average molecular weight is 399 g/mol. The monoisotopic (exact) mass is 398 g/mol. The van der Waals surface area contributed by atoms with Gasteiger partial charge in [-0.2, -0.15) is 0 Å². The maximum absolute atomic E-state index is 12.6. The molecule has 0 aliphatic heterocycles. The van der Waals surface area contributed by atoms with Crippen molar-refractivity contribution in [1.29, 1.82) is 0 Å². The molecule has 4 aromatic rings. The summed E-state index contributed by atoms with van der Waals surface area (Å²) in [6.07, 6.45) is 0. The molecule has 0 aliphatic rings. The second-order valence-corrected chi connectivity index (χ2v) is 8.63. The van der Waals surface area contributed by atoms with E-state index in [4.69, 9.17) is 0 Å². The first-order valence-electron chi connectivity index (χ1n) is 10.1. The number of anilines is 1. The number of hydrogen-bond donors (Lipinski definition) is 3. The van der Waals surface area contributed by atoms with Crippen LogP contribution in [0.5, 0.6) is 5.75 Å². The zero-order chi connectivity index (χ0) is 21.3. The molecular formula is C26H26N2O2. The van der Waals surface area contributed by atoms with Gasteiger partial charge in [-0.15, -0.1) is 0 Å². The van der Waals surface area contributed by atoms with E-state index >= 15 is 0 Å². The first-order chi connectivity index (χ1) is 14.3. The Balaban J connectivity index is 1.63. The van der Waals surface area contributed by atoms with Crippen molar-refractivity contribution in [3.8, 4) is 16.9 Å². The molecule has 0 spiro atoms. The minimum absolute atomic E-state index is 0.0341. The molecule has 4 nitrogen and oxygen atoms in total. The topological polar surface area (TPSA) is 65.1 Å². The highest BCUT2D eigenvalue weighted by Crippen LogP contribution is 2.30. The Morgan fingerprint density at radius 2 is 1.67 bits per heavy atom. The Hall–Kier alpha value is -3.53. The van der Waals surface area contributed by atoms with E-state index in [0.29, 0.717) is 17.8 Å². The van der Waals surface area contributed by atoms with Crippen LogP contribution in [-0.2, 0) is 12.0 Å². The lowest BCUT2D eigenvalue weighted by atomic mass is 9.86. The van der Waals surface area contributed by atoms with Crippen LogP contribution in [0.4, 0.5) is 5.69 Å². The molecule has 4 heteroatoms. The van der Waals surface area contributed by atoms with Crippen molar-refractivity contribution >= 4 is 16.6 Å². The highest BCUT2D eigenvalue weighted by molar-refractivity contribution is 5.80. The molecule has 1 aromatic heterocycles. The van der Waals surface area contributed by atoms with Gasteiger partial charge >= 0.3 is 0 Å². The molecule has 0 saturated heterocycles. The standard InChI is InChI=1S/C26H26N2O2/c1-26(2,3)21-10-11-22-19(14-21)13-20(25(30)28-22)16-27-23-15-18(9-12-24(23)29)17-7-5-4-6-8-17/h4-15,27,29H,16H2,1-3H3,(H,28,30). The van der Waals surface area contributed by atoms with E-state index in [2.05, 4.69) is 43.2 Å². The fourth-order valence-corrected chi connectivity index (χ4v) is 3.53. The van der Waals surface area contributed by atoms with E-state index in [0.717, 1.165) is 22.0 Å². The van der Waals surface area contributed by atoms with Gasteiger partial charge < -0.3 is 15.4 Å². The highest BCUT2D eigenvalue weighted by Gasteiger charge is 2.14. The van der Waals surface area contributed by atoms with Gasteiger partial charge in [-0.3, -0.25) is 4.79 Å². The third kappa shape index (κ3) is 4.08. The summed E-state index contributed by atoms with van der Waals surface area (Å²) in [7, 11) is 0. The van der Waals surface area contributed by atoms with Crippen molar-refractivity contribution in [2.45, 2.75) is 32.7 Å². The molecule has 0 atom stereocenters. The van der Waals surface area contributed by atoms with Crippen molar-refractivity contribution in [3.05, 3.63) is 94.3 Å². The summed E-state index contributed by atoms with van der Waals surface area (Å²) in [5.74, 6) is 0.155. The van der Waals surface area contributed by atoms with Crippen molar-refractivity contribution in [2.75, 3.05) is 5.32 Å². The van der Waals surface area contributed by atoms with Crippen LogP contribution >= 0.6 is 0 Å². The van der Waals surface area contributed by atoms with E-state index in [1.165, 1.54) is 5.56 Å². The van der Waals surface area contributed by atoms with Gasteiger partial charge in [0.2, 0.25) is 0 Å². The Labute approximate surface area is 176 Å². The second-order valence-electron chi connectivity index (χ2n) is 8.63. The maximum Gasteiger partial charge on any atom is 0.253 e. The third-order valence-electron chi connectivity index (χ3n) is 5.36. The van der Waals surface area contributed by atoms with Crippen LogP contribution in [-0.4, -0.2) is 10.1 Å². The van der Waals surface area contributed by atoms with E-state index < -0.39 is 0 Å². The first-order valence-corrected chi connectivity index (χ1v) is 10.1. The summed E-state index contributed by atoms with van der Waals surface area (Å²) in [5, 5.41) is 14.5. The Morgan fingerprint density at radius 3 is 2.40 bits per heavy atom.